The minimum Gasteiger partial charge on any atom is -0.396 e. The number of hydrogen-bond acceptors (Lipinski definition) is 3. The highest BCUT2D eigenvalue weighted by Crippen LogP contribution is 2.18. The Labute approximate surface area is 109 Å². The van der Waals surface area contributed by atoms with Gasteiger partial charge in [0.1, 0.15) is 5.69 Å². The summed E-state index contributed by atoms with van der Waals surface area (Å²) in [4.78, 5) is 16.3. The van der Waals surface area contributed by atoms with Crippen molar-refractivity contribution in [3.05, 3.63) is 22.4 Å². The molecule has 1 amide bonds. The van der Waals surface area contributed by atoms with Crippen molar-refractivity contribution in [2.24, 2.45) is 5.41 Å². The number of amides is 1. The fourth-order valence-corrected chi connectivity index (χ4v) is 1.83. The number of halogens is 1. The predicted molar refractivity (Wildman–Crippen MR) is 67.7 cm³/mol. The fourth-order valence-electron chi connectivity index (χ4n) is 1.49. The number of hydrogen-bond donors (Lipinski definition) is 3. The van der Waals surface area contributed by atoms with E-state index in [1.54, 1.807) is 26.2 Å². The van der Waals surface area contributed by atoms with E-state index in [2.05, 4.69) is 20.9 Å². The Morgan fingerprint density at radius 3 is 2.53 bits per heavy atom. The highest BCUT2D eigenvalue weighted by molar-refractivity contribution is 9.10. The number of H-pyrrole nitrogens is 1. The van der Waals surface area contributed by atoms with Crippen LogP contribution in [0.15, 0.2) is 16.7 Å². The second kappa shape index (κ2) is 5.66. The Balaban J connectivity index is 2.71. The third-order valence-electron chi connectivity index (χ3n) is 2.61. The molecule has 1 aromatic heterocycles. The predicted octanol–water partition coefficient (Wildman–Crippen LogP) is 0.840. The van der Waals surface area contributed by atoms with E-state index in [1.807, 2.05) is 0 Å². The molecule has 0 aliphatic carbocycles. The van der Waals surface area contributed by atoms with Gasteiger partial charge in [-0.05, 0) is 22.0 Å². The lowest BCUT2D eigenvalue weighted by Gasteiger charge is -2.30. The van der Waals surface area contributed by atoms with Gasteiger partial charge >= 0.3 is 0 Å². The van der Waals surface area contributed by atoms with Gasteiger partial charge < -0.3 is 20.1 Å². The van der Waals surface area contributed by atoms with Crippen molar-refractivity contribution in [3.63, 3.8) is 0 Å². The van der Waals surface area contributed by atoms with Crippen LogP contribution in [0, 0.1) is 5.41 Å². The van der Waals surface area contributed by atoms with E-state index in [0.717, 1.165) is 4.47 Å². The van der Waals surface area contributed by atoms with Gasteiger partial charge in [-0.1, -0.05) is 6.92 Å². The average Bonchev–Trinajstić information content (AvgIpc) is 2.74. The molecule has 0 fully saturated rings. The maximum Gasteiger partial charge on any atom is 0.270 e. The van der Waals surface area contributed by atoms with Gasteiger partial charge in [-0.25, -0.2) is 0 Å². The van der Waals surface area contributed by atoms with Crippen LogP contribution in [-0.2, 0) is 0 Å². The van der Waals surface area contributed by atoms with Crippen molar-refractivity contribution in [1.82, 2.24) is 9.88 Å². The number of carbonyl (C=O) groups is 1. The molecule has 0 aliphatic heterocycles. The Morgan fingerprint density at radius 1 is 1.53 bits per heavy atom. The molecule has 0 unspecified atom stereocenters. The van der Waals surface area contributed by atoms with Gasteiger partial charge in [0.05, 0.1) is 13.2 Å². The third-order valence-corrected chi connectivity index (χ3v) is 3.07. The standard InChI is InChI=1S/C11H17BrN2O3/c1-11(6-15,7-16)5-14(2)10(17)9-3-8(12)4-13-9/h3-4,13,15-16H,5-7H2,1-2H3. The Hall–Kier alpha value is -0.850. The minimum absolute atomic E-state index is 0.171. The lowest BCUT2D eigenvalue weighted by Crippen LogP contribution is -2.41. The first-order valence-corrected chi connectivity index (χ1v) is 6.02. The number of aliphatic hydroxyl groups excluding tert-OH is 2. The molecule has 0 saturated heterocycles. The largest absolute Gasteiger partial charge is 0.396 e. The summed E-state index contributed by atoms with van der Waals surface area (Å²) >= 11 is 3.26. The van der Waals surface area contributed by atoms with Gasteiger partial charge in [-0.3, -0.25) is 4.79 Å². The van der Waals surface area contributed by atoms with Gasteiger partial charge in [0.25, 0.3) is 5.91 Å². The number of aromatic nitrogens is 1. The first-order valence-electron chi connectivity index (χ1n) is 5.23. The van der Waals surface area contributed by atoms with E-state index < -0.39 is 5.41 Å². The number of carbonyl (C=O) groups excluding carboxylic acids is 1. The zero-order valence-corrected chi connectivity index (χ0v) is 11.5. The molecule has 0 bridgehead atoms. The van der Waals surface area contributed by atoms with Gasteiger partial charge in [-0.15, -0.1) is 0 Å². The molecule has 17 heavy (non-hydrogen) atoms. The van der Waals surface area contributed by atoms with Crippen LogP contribution in [0.2, 0.25) is 0 Å². The van der Waals surface area contributed by atoms with Crippen molar-refractivity contribution in [2.45, 2.75) is 6.92 Å². The molecular formula is C11H17BrN2O3. The summed E-state index contributed by atoms with van der Waals surface area (Å²) in [5.74, 6) is -0.177. The maximum atomic E-state index is 12.0. The van der Waals surface area contributed by atoms with Gasteiger partial charge in [0, 0.05) is 29.7 Å². The molecule has 0 atom stereocenters. The van der Waals surface area contributed by atoms with E-state index in [0.29, 0.717) is 5.69 Å². The molecule has 0 aliphatic rings. The van der Waals surface area contributed by atoms with E-state index in [1.165, 1.54) is 4.90 Å². The average molecular weight is 305 g/mol. The number of nitrogens with one attached hydrogen (secondary N) is 1. The zero-order chi connectivity index (χ0) is 13.1. The van der Waals surface area contributed by atoms with Crippen molar-refractivity contribution < 1.29 is 15.0 Å². The van der Waals surface area contributed by atoms with Crippen LogP contribution in [0.3, 0.4) is 0 Å². The van der Waals surface area contributed by atoms with Crippen molar-refractivity contribution >= 4 is 21.8 Å². The SMILES string of the molecule is CN(CC(C)(CO)CO)C(=O)c1cc(Br)c[nH]1. The number of nitrogens with zero attached hydrogens (tertiary/aromatic N) is 1. The summed E-state index contributed by atoms with van der Waals surface area (Å²) in [6, 6.07) is 1.69. The smallest absolute Gasteiger partial charge is 0.270 e. The van der Waals surface area contributed by atoms with Crippen LogP contribution in [0.5, 0.6) is 0 Å². The Bertz CT molecular complexity index is 388. The summed E-state index contributed by atoms with van der Waals surface area (Å²) in [6.07, 6.45) is 1.68. The van der Waals surface area contributed by atoms with E-state index >= 15 is 0 Å². The van der Waals surface area contributed by atoms with E-state index in [-0.39, 0.29) is 25.7 Å². The number of rotatable bonds is 5. The monoisotopic (exact) mass is 304 g/mol. The highest BCUT2D eigenvalue weighted by Gasteiger charge is 2.27. The maximum absolute atomic E-state index is 12.0. The van der Waals surface area contributed by atoms with Gasteiger partial charge in [0.15, 0.2) is 0 Å². The molecule has 5 nitrogen and oxygen atoms in total. The lowest BCUT2D eigenvalue weighted by molar-refractivity contribution is 0.0364. The molecule has 6 heteroatoms. The molecule has 3 N–H and O–H groups in total. The molecule has 0 radical (unpaired) electrons. The second-order valence-corrected chi connectivity index (χ2v) is 5.44. The van der Waals surface area contributed by atoms with Gasteiger partial charge in [0.2, 0.25) is 0 Å². The molecular weight excluding hydrogens is 288 g/mol. The normalized spacial score (nSPS) is 11.6. The summed E-state index contributed by atoms with van der Waals surface area (Å²) in [6.45, 7) is 1.67. The van der Waals surface area contributed by atoms with Crippen LogP contribution in [0.4, 0.5) is 0 Å². The van der Waals surface area contributed by atoms with E-state index in [4.69, 9.17) is 0 Å². The second-order valence-electron chi connectivity index (χ2n) is 4.52. The fraction of sp³-hybridized carbons (Fsp3) is 0.545. The molecule has 1 aromatic rings. The number of aromatic amines is 1. The van der Waals surface area contributed by atoms with Crippen LogP contribution in [0.1, 0.15) is 17.4 Å². The van der Waals surface area contributed by atoms with Crippen LogP contribution in [-0.4, -0.2) is 52.8 Å². The first-order chi connectivity index (χ1) is 7.91. The van der Waals surface area contributed by atoms with E-state index in [9.17, 15) is 15.0 Å². The molecule has 1 rings (SSSR count). The molecule has 1 heterocycles. The molecule has 0 saturated carbocycles. The van der Waals surface area contributed by atoms with Crippen LogP contribution < -0.4 is 0 Å². The highest BCUT2D eigenvalue weighted by atomic mass is 79.9. The van der Waals surface area contributed by atoms with Crippen molar-refractivity contribution in [2.75, 3.05) is 26.8 Å². The molecule has 0 spiro atoms. The van der Waals surface area contributed by atoms with Crippen LogP contribution in [0.25, 0.3) is 0 Å². The van der Waals surface area contributed by atoms with Gasteiger partial charge in [-0.2, -0.15) is 0 Å². The minimum atomic E-state index is -0.686. The quantitative estimate of drug-likeness (QED) is 0.754. The molecule has 0 aromatic carbocycles. The lowest BCUT2D eigenvalue weighted by atomic mass is 9.92. The van der Waals surface area contributed by atoms with Crippen molar-refractivity contribution in [1.29, 1.82) is 0 Å². The summed E-state index contributed by atoms with van der Waals surface area (Å²) in [5.41, 5.74) is -0.216. The Kier molecular flexibility index (Phi) is 4.73. The summed E-state index contributed by atoms with van der Waals surface area (Å²) in [5, 5.41) is 18.4. The topological polar surface area (TPSA) is 76.6 Å². The zero-order valence-electron chi connectivity index (χ0n) is 9.90. The van der Waals surface area contributed by atoms with Crippen LogP contribution >= 0.6 is 15.9 Å². The summed E-state index contributed by atoms with van der Waals surface area (Å²) < 4.78 is 0.807. The van der Waals surface area contributed by atoms with Crippen molar-refractivity contribution in [3.8, 4) is 0 Å². The first kappa shape index (κ1) is 14.2. The number of aliphatic hydroxyl groups is 2. The molecule has 96 valence electrons. The third kappa shape index (κ3) is 3.55. The Morgan fingerprint density at radius 2 is 2.12 bits per heavy atom. The summed E-state index contributed by atoms with van der Waals surface area (Å²) in [7, 11) is 1.64.